The van der Waals surface area contributed by atoms with Crippen molar-refractivity contribution in [2.45, 2.75) is 39.9 Å². The number of nitrogens with zero attached hydrogens (tertiary/aromatic N) is 2. The van der Waals surface area contributed by atoms with Gasteiger partial charge >= 0.3 is 0 Å². The zero-order chi connectivity index (χ0) is 14.5. The minimum absolute atomic E-state index is 0.0582. The number of aromatic nitrogens is 2. The molecule has 0 spiro atoms. The Hall–Kier alpha value is -1.62. The average molecular weight is 266 g/mol. The number of aliphatic hydroxyl groups excluding tert-OH is 1. The van der Waals surface area contributed by atoms with E-state index in [-0.39, 0.29) is 30.5 Å². The minimum Gasteiger partial charge on any atom is -0.394 e. The third-order valence-corrected chi connectivity index (χ3v) is 2.98. The minimum atomic E-state index is -0.240. The molecule has 19 heavy (non-hydrogen) atoms. The van der Waals surface area contributed by atoms with Gasteiger partial charge in [-0.25, -0.2) is 9.13 Å². The quantitative estimate of drug-likeness (QED) is 0.581. The number of hydrogen-bond donors (Lipinski definition) is 2. The van der Waals surface area contributed by atoms with E-state index in [4.69, 9.17) is 0 Å². The van der Waals surface area contributed by atoms with Crippen LogP contribution < -0.4 is 9.88 Å². The lowest BCUT2D eigenvalue weighted by atomic mass is 9.87. The number of amides is 1. The van der Waals surface area contributed by atoms with E-state index in [1.165, 1.54) is 0 Å². The number of nitrogens with one attached hydrogen (secondary N) is 1. The van der Waals surface area contributed by atoms with Crippen molar-refractivity contribution in [2.75, 3.05) is 6.61 Å². The summed E-state index contributed by atoms with van der Waals surface area (Å²) >= 11 is 0. The number of imidazole rings is 1. The fourth-order valence-electron chi connectivity index (χ4n) is 1.73. The van der Waals surface area contributed by atoms with E-state index in [1.807, 2.05) is 44.1 Å². The molecule has 1 aromatic heterocycles. The molecule has 2 N–H and O–H groups in total. The van der Waals surface area contributed by atoms with Crippen LogP contribution in [0, 0.1) is 5.41 Å². The molecular weight excluding hydrogens is 242 g/mol. The molecule has 0 aromatic carbocycles. The van der Waals surface area contributed by atoms with E-state index in [9.17, 15) is 9.90 Å². The second kappa shape index (κ2) is 6.52. The highest BCUT2D eigenvalue weighted by Crippen LogP contribution is 2.18. The van der Waals surface area contributed by atoms with Gasteiger partial charge in [-0.2, -0.15) is 0 Å². The monoisotopic (exact) mass is 266 g/mol. The van der Waals surface area contributed by atoms with E-state index in [1.54, 1.807) is 10.6 Å². The van der Waals surface area contributed by atoms with E-state index in [0.29, 0.717) is 0 Å². The molecule has 0 fully saturated rings. The lowest BCUT2D eigenvalue weighted by Gasteiger charge is -2.29. The summed E-state index contributed by atoms with van der Waals surface area (Å²) in [6, 6.07) is -0.240. The van der Waals surface area contributed by atoms with Crippen molar-refractivity contribution in [1.82, 2.24) is 9.88 Å². The second-order valence-electron chi connectivity index (χ2n) is 5.74. The lowest BCUT2D eigenvalue weighted by molar-refractivity contribution is -0.684. The summed E-state index contributed by atoms with van der Waals surface area (Å²) in [5.41, 5.74) is -0.163. The summed E-state index contributed by atoms with van der Waals surface area (Å²) in [5.74, 6) is -0.102. The van der Waals surface area contributed by atoms with Gasteiger partial charge in [0.15, 0.2) is 6.54 Å². The smallest absolute Gasteiger partial charge is 0.262 e. The number of allylic oxidation sites excluding steroid dienone is 1. The Bertz CT molecular complexity index is 432. The predicted molar refractivity (Wildman–Crippen MR) is 73.3 cm³/mol. The van der Waals surface area contributed by atoms with Gasteiger partial charge < -0.3 is 10.4 Å². The molecule has 0 bridgehead atoms. The van der Waals surface area contributed by atoms with Crippen molar-refractivity contribution in [3.63, 3.8) is 0 Å². The largest absolute Gasteiger partial charge is 0.394 e. The SMILES string of the molecule is C=CCn1cc[n+](CC(=O)N[C@H](CO)C(C)(C)C)c1. The average Bonchev–Trinajstić information content (AvgIpc) is 2.72. The van der Waals surface area contributed by atoms with Crippen LogP contribution in [0.15, 0.2) is 31.4 Å². The van der Waals surface area contributed by atoms with Crippen LogP contribution in [0.25, 0.3) is 0 Å². The highest BCUT2D eigenvalue weighted by atomic mass is 16.3. The maximum atomic E-state index is 11.9. The molecule has 0 saturated heterocycles. The van der Waals surface area contributed by atoms with Crippen LogP contribution in [-0.4, -0.2) is 28.2 Å². The second-order valence-corrected chi connectivity index (χ2v) is 5.74. The van der Waals surface area contributed by atoms with Gasteiger partial charge in [0.2, 0.25) is 6.33 Å². The molecule has 1 heterocycles. The third-order valence-electron chi connectivity index (χ3n) is 2.98. The Balaban J connectivity index is 2.56. The maximum absolute atomic E-state index is 11.9. The van der Waals surface area contributed by atoms with Crippen molar-refractivity contribution < 1.29 is 14.5 Å². The van der Waals surface area contributed by atoms with Crippen molar-refractivity contribution in [3.05, 3.63) is 31.4 Å². The number of carbonyl (C=O) groups is 1. The molecule has 0 unspecified atom stereocenters. The Kier molecular flexibility index (Phi) is 5.30. The van der Waals surface area contributed by atoms with Crippen molar-refractivity contribution >= 4 is 5.91 Å². The first kappa shape index (κ1) is 15.4. The van der Waals surface area contributed by atoms with Crippen molar-refractivity contribution in [3.8, 4) is 0 Å². The molecule has 1 atom stereocenters. The summed E-state index contributed by atoms with van der Waals surface area (Å²) in [6.07, 6.45) is 7.38. The molecule has 106 valence electrons. The van der Waals surface area contributed by atoms with Gasteiger partial charge in [-0.3, -0.25) is 4.79 Å². The van der Waals surface area contributed by atoms with Gasteiger partial charge in [0.25, 0.3) is 5.91 Å². The van der Waals surface area contributed by atoms with Crippen LogP contribution in [0.4, 0.5) is 0 Å². The molecule has 0 radical (unpaired) electrons. The Morgan fingerprint density at radius 2 is 2.26 bits per heavy atom. The fourth-order valence-corrected chi connectivity index (χ4v) is 1.73. The number of carbonyl (C=O) groups excluding carboxylic acids is 1. The molecular formula is C14H24N3O2+. The zero-order valence-electron chi connectivity index (χ0n) is 12.0. The molecule has 0 saturated carbocycles. The van der Waals surface area contributed by atoms with Crippen LogP contribution in [0.5, 0.6) is 0 Å². The highest BCUT2D eigenvalue weighted by molar-refractivity contribution is 5.74. The van der Waals surface area contributed by atoms with Gasteiger partial charge in [0.1, 0.15) is 18.9 Å². The van der Waals surface area contributed by atoms with E-state index < -0.39 is 0 Å². The first-order valence-corrected chi connectivity index (χ1v) is 6.42. The van der Waals surface area contributed by atoms with Crippen LogP contribution >= 0.6 is 0 Å². The molecule has 0 aliphatic rings. The Morgan fingerprint density at radius 3 is 2.79 bits per heavy atom. The van der Waals surface area contributed by atoms with E-state index in [0.717, 1.165) is 6.54 Å². The van der Waals surface area contributed by atoms with Crippen molar-refractivity contribution in [1.29, 1.82) is 0 Å². The zero-order valence-corrected chi connectivity index (χ0v) is 12.0. The maximum Gasteiger partial charge on any atom is 0.262 e. The molecule has 1 rings (SSSR count). The standard InChI is InChI=1S/C14H23N3O2/c1-5-6-16-7-8-17(11-16)9-13(19)15-12(10-18)14(2,3)4/h5,7-8,11-12,18H,1,6,9-10H2,2-4H3/p+1/t12-/m1/s1. The number of aliphatic hydroxyl groups is 1. The van der Waals surface area contributed by atoms with Gasteiger partial charge in [-0.15, -0.1) is 0 Å². The molecule has 0 aliphatic carbocycles. The fraction of sp³-hybridized carbons (Fsp3) is 0.571. The van der Waals surface area contributed by atoms with Gasteiger partial charge in [-0.1, -0.05) is 33.4 Å². The number of hydrogen-bond acceptors (Lipinski definition) is 2. The first-order chi connectivity index (χ1) is 8.86. The van der Waals surface area contributed by atoms with Crippen LogP contribution in [-0.2, 0) is 17.9 Å². The van der Waals surface area contributed by atoms with Crippen LogP contribution in [0.1, 0.15) is 20.8 Å². The summed E-state index contributed by atoms with van der Waals surface area (Å²) in [4.78, 5) is 11.9. The highest BCUT2D eigenvalue weighted by Gasteiger charge is 2.25. The predicted octanol–water partition coefficient (Wildman–Crippen LogP) is 0.485. The van der Waals surface area contributed by atoms with Gasteiger partial charge in [0, 0.05) is 0 Å². The van der Waals surface area contributed by atoms with E-state index >= 15 is 0 Å². The summed E-state index contributed by atoms with van der Waals surface area (Å²) < 4.78 is 3.74. The van der Waals surface area contributed by atoms with Crippen LogP contribution in [0.3, 0.4) is 0 Å². The topological polar surface area (TPSA) is 58.1 Å². The Morgan fingerprint density at radius 1 is 1.58 bits per heavy atom. The van der Waals surface area contributed by atoms with Crippen molar-refractivity contribution in [2.24, 2.45) is 5.41 Å². The summed E-state index contributed by atoms with van der Waals surface area (Å²) in [6.45, 7) is 10.5. The molecule has 5 heteroatoms. The molecule has 0 aliphatic heterocycles. The molecule has 1 amide bonds. The van der Waals surface area contributed by atoms with Crippen LogP contribution in [0.2, 0.25) is 0 Å². The van der Waals surface area contributed by atoms with Gasteiger partial charge in [-0.05, 0) is 5.41 Å². The molecule has 5 nitrogen and oxygen atoms in total. The van der Waals surface area contributed by atoms with E-state index in [2.05, 4.69) is 11.9 Å². The number of rotatable bonds is 6. The van der Waals surface area contributed by atoms with Gasteiger partial charge in [0.05, 0.1) is 12.6 Å². The summed E-state index contributed by atoms with van der Waals surface area (Å²) in [5, 5.41) is 12.2. The first-order valence-electron chi connectivity index (χ1n) is 6.42. The normalized spacial score (nSPS) is 13.1. The Labute approximate surface area is 114 Å². The lowest BCUT2D eigenvalue weighted by Crippen LogP contribution is -2.50. The summed E-state index contributed by atoms with van der Waals surface area (Å²) in [7, 11) is 0. The molecule has 1 aromatic rings. The third kappa shape index (κ3) is 4.87.